The Morgan fingerprint density at radius 2 is 2.12 bits per heavy atom. The highest BCUT2D eigenvalue weighted by atomic mass is 32.1. The quantitative estimate of drug-likeness (QED) is 0.558. The van der Waals surface area contributed by atoms with Crippen LogP contribution in [0.1, 0.15) is 21.8 Å². The van der Waals surface area contributed by atoms with E-state index in [4.69, 9.17) is 9.15 Å². The summed E-state index contributed by atoms with van der Waals surface area (Å²) in [5.41, 5.74) is 2.00. The minimum atomic E-state index is -0.0710. The molecule has 0 spiro atoms. The van der Waals surface area contributed by atoms with Crippen molar-refractivity contribution >= 4 is 23.3 Å². The third-order valence-corrected chi connectivity index (χ3v) is 4.82. The van der Waals surface area contributed by atoms with Crippen LogP contribution < -0.4 is 4.74 Å². The lowest BCUT2D eigenvalue weighted by atomic mass is 10.1. The van der Waals surface area contributed by atoms with Crippen LogP contribution in [0.15, 0.2) is 64.6 Å². The highest BCUT2D eigenvalue weighted by Crippen LogP contribution is 2.22. The normalized spacial score (nSPS) is 11.0. The zero-order valence-electron chi connectivity index (χ0n) is 14.8. The number of hydrogen-bond donors (Lipinski definition) is 0. The van der Waals surface area contributed by atoms with Crippen LogP contribution in [0.25, 0.3) is 6.08 Å². The first-order valence-corrected chi connectivity index (χ1v) is 9.20. The van der Waals surface area contributed by atoms with Gasteiger partial charge in [0.25, 0.3) is 0 Å². The highest BCUT2D eigenvalue weighted by Gasteiger charge is 2.14. The fourth-order valence-electron chi connectivity index (χ4n) is 2.64. The molecule has 0 saturated heterocycles. The van der Waals surface area contributed by atoms with Gasteiger partial charge in [-0.25, -0.2) is 0 Å². The summed E-state index contributed by atoms with van der Waals surface area (Å²) in [6.45, 7) is 2.99. The molecule has 2 heterocycles. The van der Waals surface area contributed by atoms with Gasteiger partial charge in [-0.2, -0.15) is 0 Å². The number of ether oxygens (including phenoxy) is 1. The fourth-order valence-corrected chi connectivity index (χ4v) is 3.36. The molecule has 0 atom stereocenters. The molecular weight excluding hydrogens is 346 g/mol. The van der Waals surface area contributed by atoms with Gasteiger partial charge < -0.3 is 14.1 Å². The van der Waals surface area contributed by atoms with Crippen molar-refractivity contribution in [2.24, 2.45) is 0 Å². The lowest BCUT2D eigenvalue weighted by Crippen LogP contribution is -2.28. The Labute approximate surface area is 157 Å². The molecule has 0 aliphatic rings. The Bertz CT molecular complexity index is 831. The summed E-state index contributed by atoms with van der Waals surface area (Å²) in [5.74, 6) is 1.44. The third-order valence-electron chi connectivity index (χ3n) is 3.96. The van der Waals surface area contributed by atoms with Crippen molar-refractivity contribution in [3.05, 3.63) is 81.9 Å². The van der Waals surface area contributed by atoms with Crippen molar-refractivity contribution in [3.63, 3.8) is 0 Å². The summed E-state index contributed by atoms with van der Waals surface area (Å²) in [7, 11) is 1.63. The van der Waals surface area contributed by atoms with E-state index in [0.29, 0.717) is 13.1 Å². The van der Waals surface area contributed by atoms with Gasteiger partial charge in [0.05, 0.1) is 26.5 Å². The number of methoxy groups -OCH3 is 1. The van der Waals surface area contributed by atoms with Crippen molar-refractivity contribution in [2.45, 2.75) is 20.0 Å². The van der Waals surface area contributed by atoms with Crippen molar-refractivity contribution < 1.29 is 13.9 Å². The maximum Gasteiger partial charge on any atom is 0.247 e. The predicted molar refractivity (Wildman–Crippen MR) is 104 cm³/mol. The van der Waals surface area contributed by atoms with Crippen molar-refractivity contribution in [3.8, 4) is 5.75 Å². The van der Waals surface area contributed by atoms with Crippen LogP contribution >= 0.6 is 11.3 Å². The number of amides is 1. The van der Waals surface area contributed by atoms with Gasteiger partial charge in [0.15, 0.2) is 0 Å². The number of rotatable bonds is 7. The number of nitrogens with zero attached hydrogens (tertiary/aromatic N) is 1. The molecule has 3 rings (SSSR count). The van der Waals surface area contributed by atoms with Crippen LogP contribution in [0.3, 0.4) is 0 Å². The highest BCUT2D eigenvalue weighted by molar-refractivity contribution is 7.09. The molecular formula is C21H21NO3S. The molecule has 0 bridgehead atoms. The van der Waals surface area contributed by atoms with E-state index in [1.807, 2.05) is 54.8 Å². The van der Waals surface area contributed by atoms with Gasteiger partial charge in [-0.3, -0.25) is 4.79 Å². The molecule has 5 heteroatoms. The number of benzene rings is 1. The van der Waals surface area contributed by atoms with Crippen LogP contribution in [0.4, 0.5) is 0 Å². The van der Waals surface area contributed by atoms with Gasteiger partial charge in [0.1, 0.15) is 11.5 Å². The third kappa shape index (κ3) is 4.64. The van der Waals surface area contributed by atoms with E-state index in [-0.39, 0.29) is 5.91 Å². The Kier molecular flexibility index (Phi) is 5.92. The first-order valence-electron chi connectivity index (χ1n) is 8.32. The molecule has 0 N–H and O–H groups in total. The largest absolute Gasteiger partial charge is 0.496 e. The molecule has 0 unspecified atom stereocenters. The van der Waals surface area contributed by atoms with E-state index < -0.39 is 0 Å². The molecule has 0 aliphatic carbocycles. The smallest absolute Gasteiger partial charge is 0.247 e. The van der Waals surface area contributed by atoms with Gasteiger partial charge in [-0.15, -0.1) is 11.3 Å². The molecule has 0 fully saturated rings. The molecule has 2 aromatic heterocycles. The molecule has 26 heavy (non-hydrogen) atoms. The van der Waals surface area contributed by atoms with Crippen LogP contribution in [0.5, 0.6) is 5.75 Å². The second kappa shape index (κ2) is 8.54. The van der Waals surface area contributed by atoms with E-state index in [1.165, 1.54) is 0 Å². The van der Waals surface area contributed by atoms with E-state index in [1.54, 1.807) is 41.8 Å². The number of aryl methyl sites for hydroxylation is 1. The zero-order chi connectivity index (χ0) is 18.4. The zero-order valence-corrected chi connectivity index (χ0v) is 15.7. The number of thiophene rings is 1. The van der Waals surface area contributed by atoms with Crippen molar-refractivity contribution in [1.82, 2.24) is 4.90 Å². The molecule has 0 aliphatic heterocycles. The lowest BCUT2D eigenvalue weighted by molar-refractivity contribution is -0.127. The number of hydrogen-bond acceptors (Lipinski definition) is 4. The maximum atomic E-state index is 12.8. The molecule has 0 radical (unpaired) electrons. The molecule has 0 saturated carbocycles. The van der Waals surface area contributed by atoms with Crippen molar-refractivity contribution in [1.29, 1.82) is 0 Å². The summed E-state index contributed by atoms with van der Waals surface area (Å²) in [4.78, 5) is 15.7. The number of furan rings is 1. The Morgan fingerprint density at radius 1 is 1.23 bits per heavy atom. The van der Waals surface area contributed by atoms with Gasteiger partial charge in [0, 0.05) is 16.5 Å². The van der Waals surface area contributed by atoms with E-state index in [9.17, 15) is 4.79 Å². The summed E-state index contributed by atoms with van der Waals surface area (Å²) >= 11 is 1.64. The fraction of sp³-hybridized carbons (Fsp3) is 0.190. The second-order valence-corrected chi connectivity index (χ2v) is 6.96. The average molecular weight is 367 g/mol. The standard InChI is InChI=1S/C21H21NO3S/c1-16-7-9-20(24-2)17(13-16)8-10-21(23)22(14-18-5-3-11-25-18)15-19-6-4-12-26-19/h3-13H,14-15H2,1-2H3/b10-8+. The summed E-state index contributed by atoms with van der Waals surface area (Å²) in [6.07, 6.45) is 5.02. The average Bonchev–Trinajstić information content (AvgIpc) is 3.33. The Hall–Kier alpha value is -2.79. The van der Waals surface area contributed by atoms with Gasteiger partial charge >= 0.3 is 0 Å². The Balaban J connectivity index is 1.79. The Morgan fingerprint density at radius 3 is 2.81 bits per heavy atom. The molecule has 4 nitrogen and oxygen atoms in total. The van der Waals surface area contributed by atoms with Crippen LogP contribution in [-0.2, 0) is 17.9 Å². The van der Waals surface area contributed by atoms with E-state index >= 15 is 0 Å². The second-order valence-electron chi connectivity index (χ2n) is 5.93. The van der Waals surface area contributed by atoms with Gasteiger partial charge in [-0.05, 0) is 48.7 Å². The maximum absolute atomic E-state index is 12.8. The van der Waals surface area contributed by atoms with Crippen molar-refractivity contribution in [2.75, 3.05) is 7.11 Å². The molecule has 1 amide bonds. The first-order chi connectivity index (χ1) is 12.7. The molecule has 1 aromatic carbocycles. The predicted octanol–water partition coefficient (Wildman–Crippen LogP) is 4.90. The monoisotopic (exact) mass is 367 g/mol. The lowest BCUT2D eigenvalue weighted by Gasteiger charge is -2.19. The van der Waals surface area contributed by atoms with Gasteiger partial charge in [0.2, 0.25) is 5.91 Å². The summed E-state index contributed by atoms with van der Waals surface area (Å²) < 4.78 is 10.8. The van der Waals surface area contributed by atoms with Gasteiger partial charge in [-0.1, -0.05) is 17.7 Å². The number of carbonyl (C=O) groups is 1. The number of carbonyl (C=O) groups excluding carboxylic acids is 1. The molecule has 134 valence electrons. The van der Waals surface area contributed by atoms with E-state index in [0.717, 1.165) is 27.5 Å². The summed E-state index contributed by atoms with van der Waals surface area (Å²) in [5, 5.41) is 2.01. The molecule has 3 aromatic rings. The van der Waals surface area contributed by atoms with Crippen LogP contribution in [0, 0.1) is 6.92 Å². The topological polar surface area (TPSA) is 42.7 Å². The van der Waals surface area contributed by atoms with Crippen LogP contribution in [-0.4, -0.2) is 17.9 Å². The minimum absolute atomic E-state index is 0.0710. The van der Waals surface area contributed by atoms with E-state index in [2.05, 4.69) is 0 Å². The minimum Gasteiger partial charge on any atom is -0.496 e. The van der Waals surface area contributed by atoms with Crippen LogP contribution in [0.2, 0.25) is 0 Å². The SMILES string of the molecule is COc1ccc(C)cc1/C=C/C(=O)N(Cc1ccco1)Cc1cccs1. The first kappa shape index (κ1) is 18.0. The summed E-state index contributed by atoms with van der Waals surface area (Å²) in [6, 6.07) is 13.6.